The summed E-state index contributed by atoms with van der Waals surface area (Å²) in [7, 11) is 1.41. The van der Waals surface area contributed by atoms with Gasteiger partial charge in [0.2, 0.25) is 0 Å². The second-order valence-corrected chi connectivity index (χ2v) is 6.37. The van der Waals surface area contributed by atoms with Gasteiger partial charge in [-0.2, -0.15) is 0 Å². The van der Waals surface area contributed by atoms with Crippen LogP contribution in [0.1, 0.15) is 40.9 Å². The lowest BCUT2D eigenvalue weighted by atomic mass is 9.95. The first-order valence-electron chi connectivity index (χ1n) is 8.54. The Morgan fingerprint density at radius 1 is 1.15 bits per heavy atom. The van der Waals surface area contributed by atoms with Crippen LogP contribution in [0.4, 0.5) is 0 Å². The van der Waals surface area contributed by atoms with Crippen LogP contribution >= 0.6 is 0 Å². The molecule has 5 heteroatoms. The smallest absolute Gasteiger partial charge is 0.193 e. The maximum atomic E-state index is 12.7. The summed E-state index contributed by atoms with van der Waals surface area (Å²) in [6.07, 6.45) is 5.25. The zero-order valence-electron chi connectivity index (χ0n) is 15.7. The van der Waals surface area contributed by atoms with Gasteiger partial charge in [-0.1, -0.05) is 29.9 Å². The van der Waals surface area contributed by atoms with Crippen LogP contribution in [0.25, 0.3) is 6.08 Å². The third kappa shape index (κ3) is 4.99. The number of ketones is 1. The van der Waals surface area contributed by atoms with E-state index in [0.717, 1.165) is 11.1 Å². The normalized spacial score (nSPS) is 10.8. The molecule has 2 aromatic carbocycles. The molecule has 2 aromatic rings. The predicted octanol–water partition coefficient (Wildman–Crippen LogP) is 4.00. The van der Waals surface area contributed by atoms with Gasteiger partial charge in [0.05, 0.1) is 13.7 Å². The summed E-state index contributed by atoms with van der Waals surface area (Å²) in [6, 6.07) is 7.97. The van der Waals surface area contributed by atoms with E-state index >= 15 is 0 Å². The molecule has 0 aliphatic rings. The molecule has 0 saturated heterocycles. The van der Waals surface area contributed by atoms with Crippen LogP contribution in [-0.2, 0) is 13.0 Å². The quantitative estimate of drug-likeness (QED) is 0.391. The summed E-state index contributed by atoms with van der Waals surface area (Å²) in [4.78, 5) is 12.7. The Morgan fingerprint density at radius 2 is 1.81 bits per heavy atom. The van der Waals surface area contributed by atoms with Crippen molar-refractivity contribution in [1.29, 1.82) is 0 Å². The highest BCUT2D eigenvalue weighted by Crippen LogP contribution is 2.36. The molecule has 0 amide bonds. The first kappa shape index (κ1) is 20.3. The number of phenolic OH excluding ortho intramolecular Hbond substituents is 2. The van der Waals surface area contributed by atoms with Gasteiger partial charge in [-0.15, -0.1) is 0 Å². The predicted molar refractivity (Wildman–Crippen MR) is 105 cm³/mol. The lowest BCUT2D eigenvalue weighted by Crippen LogP contribution is -2.05. The molecule has 0 heterocycles. The lowest BCUT2D eigenvalue weighted by Gasteiger charge is -2.15. The fourth-order valence-electron chi connectivity index (χ4n) is 2.65. The summed E-state index contributed by atoms with van der Waals surface area (Å²) < 4.78 is 5.26. The number of benzene rings is 2. The SMILES string of the molecule is COc1cc(CO)c(CC=C(C)C)c(O)c1C(=O)/C=C/c1ccc(O)cc1. The zero-order valence-corrected chi connectivity index (χ0v) is 15.7. The number of carbonyl (C=O) groups is 1. The molecule has 5 nitrogen and oxygen atoms in total. The summed E-state index contributed by atoms with van der Waals surface area (Å²) >= 11 is 0. The molecule has 0 aromatic heterocycles. The van der Waals surface area contributed by atoms with Crippen molar-refractivity contribution in [2.75, 3.05) is 7.11 Å². The summed E-state index contributed by atoms with van der Waals surface area (Å²) in [6.45, 7) is 3.60. The van der Waals surface area contributed by atoms with Crippen molar-refractivity contribution in [2.45, 2.75) is 26.9 Å². The van der Waals surface area contributed by atoms with Gasteiger partial charge in [0.25, 0.3) is 0 Å². The summed E-state index contributed by atoms with van der Waals surface area (Å²) in [5, 5.41) is 29.7. The molecule has 0 unspecified atom stereocenters. The zero-order chi connectivity index (χ0) is 20.0. The van der Waals surface area contributed by atoms with E-state index in [0.29, 0.717) is 17.5 Å². The summed E-state index contributed by atoms with van der Waals surface area (Å²) in [5.74, 6) is -0.254. The second-order valence-electron chi connectivity index (χ2n) is 6.37. The van der Waals surface area contributed by atoms with Crippen LogP contribution in [-0.4, -0.2) is 28.2 Å². The molecule has 0 atom stereocenters. The first-order chi connectivity index (χ1) is 12.9. The highest BCUT2D eigenvalue weighted by atomic mass is 16.5. The number of aromatic hydroxyl groups is 2. The average Bonchev–Trinajstić information content (AvgIpc) is 2.65. The van der Waals surface area contributed by atoms with Crippen molar-refractivity contribution in [3.05, 3.63) is 70.3 Å². The molecule has 0 fully saturated rings. The van der Waals surface area contributed by atoms with Crippen molar-refractivity contribution < 1.29 is 24.9 Å². The van der Waals surface area contributed by atoms with Crippen LogP contribution < -0.4 is 4.74 Å². The van der Waals surface area contributed by atoms with Gasteiger partial charge in [-0.25, -0.2) is 0 Å². The van der Waals surface area contributed by atoms with Gasteiger partial charge < -0.3 is 20.1 Å². The number of phenols is 2. The van der Waals surface area contributed by atoms with E-state index in [4.69, 9.17) is 4.74 Å². The van der Waals surface area contributed by atoms with Crippen LogP contribution in [0.3, 0.4) is 0 Å². The Hall–Kier alpha value is -3.05. The van der Waals surface area contributed by atoms with Gasteiger partial charge in [-0.05, 0) is 55.7 Å². The Kier molecular flexibility index (Phi) is 6.79. The van der Waals surface area contributed by atoms with Crippen LogP contribution in [0.5, 0.6) is 17.2 Å². The maximum absolute atomic E-state index is 12.7. The van der Waals surface area contributed by atoms with Gasteiger partial charge in [0.1, 0.15) is 22.8 Å². The Morgan fingerprint density at radius 3 is 2.37 bits per heavy atom. The van der Waals surface area contributed by atoms with Crippen molar-refractivity contribution in [2.24, 2.45) is 0 Å². The number of hydrogen-bond acceptors (Lipinski definition) is 5. The van der Waals surface area contributed by atoms with E-state index in [-0.39, 0.29) is 29.4 Å². The molecule has 0 spiro atoms. The molecule has 0 aliphatic carbocycles. The molecular weight excluding hydrogens is 344 g/mol. The van der Waals surface area contributed by atoms with Crippen LogP contribution in [0.2, 0.25) is 0 Å². The molecule has 0 saturated carbocycles. The lowest BCUT2D eigenvalue weighted by molar-refractivity contribution is 0.104. The fraction of sp³-hybridized carbons (Fsp3) is 0.227. The fourth-order valence-corrected chi connectivity index (χ4v) is 2.65. The van der Waals surface area contributed by atoms with Gasteiger partial charge in [-0.3, -0.25) is 4.79 Å². The van der Waals surface area contributed by atoms with Gasteiger partial charge >= 0.3 is 0 Å². The minimum Gasteiger partial charge on any atom is -0.508 e. The molecule has 0 aliphatic heterocycles. The van der Waals surface area contributed by atoms with E-state index in [1.165, 1.54) is 25.3 Å². The Bertz CT molecular complexity index is 873. The number of aliphatic hydroxyl groups excluding tert-OH is 1. The Balaban J connectivity index is 2.46. The van der Waals surface area contributed by atoms with Crippen molar-refractivity contribution in [3.8, 4) is 17.2 Å². The number of hydrogen-bond donors (Lipinski definition) is 3. The van der Waals surface area contributed by atoms with Crippen molar-refractivity contribution >= 4 is 11.9 Å². The topological polar surface area (TPSA) is 87.0 Å². The number of aliphatic hydroxyl groups is 1. The molecule has 0 radical (unpaired) electrons. The van der Waals surface area contributed by atoms with Gasteiger partial charge in [0.15, 0.2) is 5.78 Å². The van der Waals surface area contributed by atoms with E-state index in [9.17, 15) is 20.1 Å². The molecule has 27 heavy (non-hydrogen) atoms. The average molecular weight is 368 g/mol. The molecule has 3 N–H and O–H groups in total. The standard InChI is InChI=1S/C22H24O5/c1-14(2)4-10-18-16(13-23)12-20(27-3)21(22(18)26)19(25)11-7-15-5-8-17(24)9-6-15/h4-9,11-12,23-24,26H,10,13H2,1-3H3/b11-7+. The van der Waals surface area contributed by atoms with Gasteiger partial charge in [0, 0.05) is 5.56 Å². The number of rotatable bonds is 7. The summed E-state index contributed by atoms with van der Waals surface area (Å²) in [5.41, 5.74) is 2.87. The third-order valence-electron chi connectivity index (χ3n) is 4.13. The number of methoxy groups -OCH3 is 1. The van der Waals surface area contributed by atoms with E-state index in [1.54, 1.807) is 24.3 Å². The largest absolute Gasteiger partial charge is 0.508 e. The molecule has 142 valence electrons. The van der Waals surface area contributed by atoms with E-state index in [2.05, 4.69) is 0 Å². The Labute approximate surface area is 158 Å². The second kappa shape index (κ2) is 9.05. The number of ether oxygens (including phenoxy) is 1. The maximum Gasteiger partial charge on any atom is 0.193 e. The highest BCUT2D eigenvalue weighted by Gasteiger charge is 2.21. The highest BCUT2D eigenvalue weighted by molar-refractivity contribution is 6.10. The minimum absolute atomic E-state index is 0.0573. The molecule has 2 rings (SSSR count). The van der Waals surface area contributed by atoms with E-state index in [1.807, 2.05) is 19.9 Å². The van der Waals surface area contributed by atoms with Crippen molar-refractivity contribution in [1.82, 2.24) is 0 Å². The minimum atomic E-state index is -0.416. The van der Waals surface area contributed by atoms with Crippen LogP contribution in [0.15, 0.2) is 48.1 Å². The monoisotopic (exact) mass is 368 g/mol. The molecule has 0 bridgehead atoms. The van der Waals surface area contributed by atoms with Crippen molar-refractivity contribution in [3.63, 3.8) is 0 Å². The number of carbonyl (C=O) groups excluding carboxylic acids is 1. The first-order valence-corrected chi connectivity index (χ1v) is 8.54. The molecular formula is C22H24O5. The third-order valence-corrected chi connectivity index (χ3v) is 4.13. The number of allylic oxidation sites excluding steroid dienone is 3. The van der Waals surface area contributed by atoms with Crippen LogP contribution in [0, 0.1) is 0 Å². The van der Waals surface area contributed by atoms with E-state index < -0.39 is 5.78 Å².